The first-order valence-electron chi connectivity index (χ1n) is 5.35. The number of hydrogen-bond donors (Lipinski definition) is 1. The van der Waals surface area contributed by atoms with Gasteiger partial charge < -0.3 is 10.6 Å². The summed E-state index contributed by atoms with van der Waals surface area (Å²) in [6, 6.07) is 7.55. The lowest BCUT2D eigenvalue weighted by molar-refractivity contribution is -0.117. The van der Waals surface area contributed by atoms with Crippen LogP contribution in [0.15, 0.2) is 24.3 Å². The summed E-state index contributed by atoms with van der Waals surface area (Å²) in [6.07, 6.45) is 3.16. The number of nitrogens with two attached hydrogens (primary N) is 1. The minimum atomic E-state index is 0.261. The van der Waals surface area contributed by atoms with Gasteiger partial charge in [-0.05, 0) is 42.5 Å². The number of hydrogen-bond acceptors (Lipinski definition) is 2. The summed E-state index contributed by atoms with van der Waals surface area (Å²) in [4.78, 5) is 13.7. The standard InChI is InChI=1S/C12H14N2O/c13-9-1-3-10(4-2-9)14-8-12(5-6-12)7-11(14)15/h1-4H,5-8,13H2. The SMILES string of the molecule is Nc1ccc(N2CC3(CC3)CC2=O)cc1. The van der Waals surface area contributed by atoms with Crippen molar-refractivity contribution in [2.75, 3.05) is 17.2 Å². The van der Waals surface area contributed by atoms with E-state index in [1.54, 1.807) is 0 Å². The van der Waals surface area contributed by atoms with Gasteiger partial charge in [-0.1, -0.05) is 0 Å². The van der Waals surface area contributed by atoms with Crippen LogP contribution in [0.2, 0.25) is 0 Å². The summed E-state index contributed by atoms with van der Waals surface area (Å²) in [6.45, 7) is 0.899. The van der Waals surface area contributed by atoms with Gasteiger partial charge in [0.2, 0.25) is 5.91 Å². The van der Waals surface area contributed by atoms with Crippen LogP contribution in [0.5, 0.6) is 0 Å². The molecule has 0 radical (unpaired) electrons. The summed E-state index contributed by atoms with van der Waals surface area (Å²) < 4.78 is 0. The van der Waals surface area contributed by atoms with Gasteiger partial charge in [0.15, 0.2) is 0 Å². The molecule has 1 aliphatic carbocycles. The van der Waals surface area contributed by atoms with Crippen LogP contribution in [0.4, 0.5) is 11.4 Å². The van der Waals surface area contributed by atoms with Crippen LogP contribution in [0.25, 0.3) is 0 Å². The van der Waals surface area contributed by atoms with Crippen molar-refractivity contribution < 1.29 is 4.79 Å². The average molecular weight is 202 g/mol. The van der Waals surface area contributed by atoms with Crippen molar-refractivity contribution >= 4 is 17.3 Å². The third kappa shape index (κ3) is 1.39. The van der Waals surface area contributed by atoms with Crippen molar-refractivity contribution in [1.29, 1.82) is 0 Å². The fourth-order valence-corrected chi connectivity index (χ4v) is 2.30. The molecule has 1 amide bonds. The number of carbonyl (C=O) groups is 1. The highest BCUT2D eigenvalue weighted by atomic mass is 16.2. The lowest BCUT2D eigenvalue weighted by atomic mass is 10.1. The Labute approximate surface area is 88.9 Å². The molecule has 1 spiro atoms. The van der Waals surface area contributed by atoms with Crippen LogP contribution in [-0.2, 0) is 4.79 Å². The van der Waals surface area contributed by atoms with Gasteiger partial charge >= 0.3 is 0 Å². The van der Waals surface area contributed by atoms with Crippen molar-refractivity contribution in [2.45, 2.75) is 19.3 Å². The summed E-state index contributed by atoms with van der Waals surface area (Å²) >= 11 is 0. The van der Waals surface area contributed by atoms with Crippen molar-refractivity contribution in [3.8, 4) is 0 Å². The van der Waals surface area contributed by atoms with Crippen LogP contribution in [-0.4, -0.2) is 12.5 Å². The second kappa shape index (κ2) is 2.75. The van der Waals surface area contributed by atoms with Crippen LogP contribution >= 0.6 is 0 Å². The number of nitrogen functional groups attached to an aromatic ring is 1. The molecule has 1 aliphatic heterocycles. The van der Waals surface area contributed by atoms with E-state index < -0.39 is 0 Å². The van der Waals surface area contributed by atoms with E-state index in [1.807, 2.05) is 29.2 Å². The van der Waals surface area contributed by atoms with E-state index in [-0.39, 0.29) is 5.91 Å². The average Bonchev–Trinajstić information content (AvgIpc) is 2.87. The predicted molar refractivity (Wildman–Crippen MR) is 59.5 cm³/mol. The Morgan fingerprint density at radius 1 is 1.20 bits per heavy atom. The smallest absolute Gasteiger partial charge is 0.227 e. The molecule has 0 bridgehead atoms. The van der Waals surface area contributed by atoms with Crippen LogP contribution in [0, 0.1) is 5.41 Å². The van der Waals surface area contributed by atoms with Gasteiger partial charge in [0.05, 0.1) is 0 Å². The third-order valence-electron chi connectivity index (χ3n) is 3.48. The summed E-state index contributed by atoms with van der Waals surface area (Å²) in [7, 11) is 0. The number of carbonyl (C=O) groups excluding carboxylic acids is 1. The largest absolute Gasteiger partial charge is 0.399 e. The number of anilines is 2. The van der Waals surface area contributed by atoms with Crippen LogP contribution in [0.1, 0.15) is 19.3 Å². The number of rotatable bonds is 1. The maximum absolute atomic E-state index is 11.8. The van der Waals surface area contributed by atoms with E-state index in [9.17, 15) is 4.79 Å². The molecule has 1 aromatic rings. The van der Waals surface area contributed by atoms with Crippen molar-refractivity contribution in [3.63, 3.8) is 0 Å². The van der Waals surface area contributed by atoms with Gasteiger partial charge in [-0.15, -0.1) is 0 Å². The highest BCUT2D eigenvalue weighted by Gasteiger charge is 2.51. The molecule has 3 nitrogen and oxygen atoms in total. The van der Waals surface area contributed by atoms with Gasteiger partial charge in [0.25, 0.3) is 0 Å². The number of benzene rings is 1. The fourth-order valence-electron chi connectivity index (χ4n) is 2.30. The van der Waals surface area contributed by atoms with E-state index in [1.165, 1.54) is 12.8 Å². The molecule has 1 saturated heterocycles. The van der Waals surface area contributed by atoms with Crippen molar-refractivity contribution in [3.05, 3.63) is 24.3 Å². The maximum Gasteiger partial charge on any atom is 0.227 e. The lowest BCUT2D eigenvalue weighted by Gasteiger charge is -2.16. The highest BCUT2D eigenvalue weighted by molar-refractivity contribution is 5.96. The first-order chi connectivity index (χ1) is 7.19. The fraction of sp³-hybridized carbons (Fsp3) is 0.417. The van der Waals surface area contributed by atoms with E-state index in [4.69, 9.17) is 5.73 Å². The van der Waals surface area contributed by atoms with E-state index in [0.29, 0.717) is 5.41 Å². The molecule has 3 rings (SSSR count). The number of amides is 1. The summed E-state index contributed by atoms with van der Waals surface area (Å²) in [5.74, 6) is 0.261. The molecule has 0 atom stereocenters. The van der Waals surface area contributed by atoms with Gasteiger partial charge in [0.1, 0.15) is 0 Å². The number of nitrogens with zero attached hydrogens (tertiary/aromatic N) is 1. The Morgan fingerprint density at radius 3 is 2.40 bits per heavy atom. The minimum absolute atomic E-state index is 0.261. The molecule has 78 valence electrons. The first-order valence-corrected chi connectivity index (χ1v) is 5.35. The molecular weight excluding hydrogens is 188 g/mol. The van der Waals surface area contributed by atoms with Gasteiger partial charge in [0, 0.05) is 24.3 Å². The predicted octanol–water partition coefficient (Wildman–Crippen LogP) is 1.79. The van der Waals surface area contributed by atoms with Crippen LogP contribution < -0.4 is 10.6 Å². The van der Waals surface area contributed by atoms with Gasteiger partial charge in [-0.25, -0.2) is 0 Å². The molecule has 2 fully saturated rings. The Balaban J connectivity index is 1.88. The molecule has 0 unspecified atom stereocenters. The van der Waals surface area contributed by atoms with Gasteiger partial charge in [-0.2, -0.15) is 0 Å². The Hall–Kier alpha value is -1.51. The molecule has 1 heterocycles. The summed E-state index contributed by atoms with van der Waals surface area (Å²) in [5.41, 5.74) is 7.68. The molecule has 2 aliphatic rings. The Morgan fingerprint density at radius 2 is 1.87 bits per heavy atom. The quantitative estimate of drug-likeness (QED) is 0.706. The molecule has 0 aromatic heterocycles. The molecule has 3 heteroatoms. The van der Waals surface area contributed by atoms with Crippen LogP contribution in [0.3, 0.4) is 0 Å². The van der Waals surface area contributed by atoms with Gasteiger partial charge in [-0.3, -0.25) is 4.79 Å². The zero-order valence-electron chi connectivity index (χ0n) is 8.57. The minimum Gasteiger partial charge on any atom is -0.399 e. The second-order valence-electron chi connectivity index (χ2n) is 4.75. The molecular formula is C12H14N2O. The summed E-state index contributed by atoms with van der Waals surface area (Å²) in [5, 5.41) is 0. The molecule has 2 N–H and O–H groups in total. The Kier molecular flexibility index (Phi) is 1.61. The molecule has 1 saturated carbocycles. The van der Waals surface area contributed by atoms with E-state index >= 15 is 0 Å². The monoisotopic (exact) mass is 202 g/mol. The second-order valence-corrected chi connectivity index (χ2v) is 4.75. The van der Waals surface area contributed by atoms with E-state index in [2.05, 4.69) is 0 Å². The van der Waals surface area contributed by atoms with E-state index in [0.717, 1.165) is 24.3 Å². The zero-order chi connectivity index (χ0) is 10.5. The molecule has 15 heavy (non-hydrogen) atoms. The Bertz CT molecular complexity index is 406. The topological polar surface area (TPSA) is 46.3 Å². The normalized spacial score (nSPS) is 22.4. The van der Waals surface area contributed by atoms with Crippen molar-refractivity contribution in [1.82, 2.24) is 0 Å². The maximum atomic E-state index is 11.8. The molecule has 1 aromatic carbocycles. The highest BCUT2D eigenvalue weighted by Crippen LogP contribution is 2.53. The lowest BCUT2D eigenvalue weighted by Crippen LogP contribution is -2.24. The zero-order valence-corrected chi connectivity index (χ0v) is 8.57. The van der Waals surface area contributed by atoms with Crippen molar-refractivity contribution in [2.24, 2.45) is 5.41 Å². The third-order valence-corrected chi connectivity index (χ3v) is 3.48. The first kappa shape index (κ1) is 8.77.